The van der Waals surface area contributed by atoms with Crippen molar-refractivity contribution in [2.75, 3.05) is 13.1 Å². The summed E-state index contributed by atoms with van der Waals surface area (Å²) in [6.07, 6.45) is 3.09. The first-order valence-corrected chi connectivity index (χ1v) is 5.92. The van der Waals surface area contributed by atoms with E-state index in [0.717, 1.165) is 0 Å². The Kier molecular flexibility index (Phi) is 3.74. The van der Waals surface area contributed by atoms with E-state index in [9.17, 15) is 9.59 Å². The summed E-state index contributed by atoms with van der Waals surface area (Å²) in [5.74, 6) is -1.11. The maximum Gasteiger partial charge on any atom is 0.305 e. The molecule has 0 fully saturated rings. The molecular formula is C12H14N4O3. The number of fused-ring (bicyclic) bond motifs is 1. The molecule has 0 bridgehead atoms. The lowest BCUT2D eigenvalue weighted by molar-refractivity contribution is -0.137. The molecule has 0 saturated heterocycles. The van der Waals surface area contributed by atoms with E-state index in [0.29, 0.717) is 17.8 Å². The van der Waals surface area contributed by atoms with E-state index in [-0.39, 0.29) is 18.9 Å². The van der Waals surface area contributed by atoms with E-state index in [4.69, 9.17) is 5.11 Å². The van der Waals surface area contributed by atoms with Gasteiger partial charge in [-0.15, -0.1) is 10.2 Å². The number of hydrogen-bond acceptors (Lipinski definition) is 4. The molecule has 1 N–H and O–H groups in total. The van der Waals surface area contributed by atoms with Gasteiger partial charge < -0.3 is 10.0 Å². The summed E-state index contributed by atoms with van der Waals surface area (Å²) in [6, 6.07) is 3.36. The molecule has 0 spiro atoms. The highest BCUT2D eigenvalue weighted by atomic mass is 16.4. The third kappa shape index (κ3) is 2.87. The third-order valence-electron chi connectivity index (χ3n) is 2.80. The molecule has 100 valence electrons. The minimum atomic E-state index is -0.916. The lowest BCUT2D eigenvalue weighted by Gasteiger charge is -2.19. The number of carbonyl (C=O) groups excluding carboxylic acids is 1. The van der Waals surface area contributed by atoms with Crippen LogP contribution in [0.5, 0.6) is 0 Å². The molecular weight excluding hydrogens is 248 g/mol. The number of nitrogens with zero attached hydrogens (tertiary/aromatic N) is 4. The van der Waals surface area contributed by atoms with Crippen LogP contribution < -0.4 is 0 Å². The van der Waals surface area contributed by atoms with Crippen molar-refractivity contribution in [3.8, 4) is 0 Å². The van der Waals surface area contributed by atoms with Gasteiger partial charge in [0.1, 0.15) is 6.33 Å². The summed E-state index contributed by atoms with van der Waals surface area (Å²) in [5, 5.41) is 16.3. The first kappa shape index (κ1) is 13.0. The van der Waals surface area contributed by atoms with Crippen molar-refractivity contribution in [2.45, 2.75) is 13.3 Å². The second-order valence-corrected chi connectivity index (χ2v) is 4.04. The summed E-state index contributed by atoms with van der Waals surface area (Å²) in [4.78, 5) is 24.3. The second kappa shape index (κ2) is 5.47. The van der Waals surface area contributed by atoms with Gasteiger partial charge in [-0.05, 0) is 19.1 Å². The molecule has 0 aromatic carbocycles. The van der Waals surface area contributed by atoms with Crippen molar-refractivity contribution in [2.24, 2.45) is 0 Å². The van der Waals surface area contributed by atoms with E-state index < -0.39 is 5.97 Å². The fraction of sp³-hybridized carbons (Fsp3) is 0.333. The highest BCUT2D eigenvalue weighted by Crippen LogP contribution is 2.08. The number of aromatic nitrogens is 3. The summed E-state index contributed by atoms with van der Waals surface area (Å²) >= 11 is 0. The van der Waals surface area contributed by atoms with E-state index in [1.54, 1.807) is 22.7 Å². The minimum Gasteiger partial charge on any atom is -0.481 e. The van der Waals surface area contributed by atoms with Crippen LogP contribution in [0, 0.1) is 0 Å². The topological polar surface area (TPSA) is 87.8 Å². The van der Waals surface area contributed by atoms with Crippen molar-refractivity contribution in [1.29, 1.82) is 0 Å². The normalized spacial score (nSPS) is 10.6. The van der Waals surface area contributed by atoms with Gasteiger partial charge in [0.25, 0.3) is 5.91 Å². The Morgan fingerprint density at radius 2 is 2.21 bits per heavy atom. The molecule has 7 nitrogen and oxygen atoms in total. The van der Waals surface area contributed by atoms with Crippen LogP contribution in [0.25, 0.3) is 5.65 Å². The molecule has 0 atom stereocenters. The molecule has 2 heterocycles. The van der Waals surface area contributed by atoms with Crippen molar-refractivity contribution in [3.05, 3.63) is 30.2 Å². The van der Waals surface area contributed by atoms with Crippen LogP contribution >= 0.6 is 0 Å². The maximum absolute atomic E-state index is 12.2. The van der Waals surface area contributed by atoms with Gasteiger partial charge in [0, 0.05) is 19.3 Å². The Morgan fingerprint density at radius 3 is 2.89 bits per heavy atom. The zero-order valence-corrected chi connectivity index (χ0v) is 10.5. The van der Waals surface area contributed by atoms with Crippen LogP contribution in [0.2, 0.25) is 0 Å². The lowest BCUT2D eigenvalue weighted by Crippen LogP contribution is -2.33. The number of carbonyl (C=O) groups is 2. The van der Waals surface area contributed by atoms with Gasteiger partial charge in [0.2, 0.25) is 0 Å². The number of pyridine rings is 1. The number of carboxylic acids is 1. The van der Waals surface area contributed by atoms with Gasteiger partial charge >= 0.3 is 5.97 Å². The monoisotopic (exact) mass is 262 g/mol. The zero-order valence-electron chi connectivity index (χ0n) is 10.5. The molecule has 0 unspecified atom stereocenters. The molecule has 0 aliphatic carbocycles. The first-order valence-electron chi connectivity index (χ1n) is 5.92. The van der Waals surface area contributed by atoms with E-state index in [1.165, 1.54) is 11.2 Å². The predicted molar refractivity (Wildman–Crippen MR) is 66.8 cm³/mol. The fourth-order valence-electron chi connectivity index (χ4n) is 1.77. The number of aliphatic carboxylic acids is 1. The van der Waals surface area contributed by atoms with Crippen LogP contribution in [-0.2, 0) is 4.79 Å². The molecule has 19 heavy (non-hydrogen) atoms. The number of hydrogen-bond donors (Lipinski definition) is 1. The first-order chi connectivity index (χ1) is 9.11. The summed E-state index contributed by atoms with van der Waals surface area (Å²) < 4.78 is 1.65. The number of rotatable bonds is 5. The average molecular weight is 262 g/mol. The molecule has 2 aromatic heterocycles. The summed E-state index contributed by atoms with van der Waals surface area (Å²) in [6.45, 7) is 2.48. The molecule has 2 aromatic rings. The molecule has 1 amide bonds. The highest BCUT2D eigenvalue weighted by Gasteiger charge is 2.15. The Labute approximate surface area is 109 Å². The lowest BCUT2D eigenvalue weighted by atomic mass is 10.2. The summed E-state index contributed by atoms with van der Waals surface area (Å²) in [5.41, 5.74) is 1.14. The smallest absolute Gasteiger partial charge is 0.305 e. The van der Waals surface area contributed by atoms with Crippen molar-refractivity contribution < 1.29 is 14.7 Å². The fourth-order valence-corrected chi connectivity index (χ4v) is 1.77. The Balaban J connectivity index is 2.18. The molecule has 0 aliphatic rings. The van der Waals surface area contributed by atoms with Crippen molar-refractivity contribution in [1.82, 2.24) is 19.5 Å². The number of carboxylic acid groups (broad SMARTS) is 1. The van der Waals surface area contributed by atoms with Gasteiger partial charge in [0.05, 0.1) is 12.0 Å². The van der Waals surface area contributed by atoms with E-state index in [1.807, 2.05) is 6.92 Å². The van der Waals surface area contributed by atoms with Crippen LogP contribution in [0.15, 0.2) is 24.7 Å². The second-order valence-electron chi connectivity index (χ2n) is 4.04. The maximum atomic E-state index is 12.2. The molecule has 0 saturated carbocycles. The zero-order chi connectivity index (χ0) is 13.8. The van der Waals surface area contributed by atoms with Gasteiger partial charge in [-0.2, -0.15) is 0 Å². The van der Waals surface area contributed by atoms with Gasteiger partial charge in [-0.25, -0.2) is 0 Å². The highest BCUT2D eigenvalue weighted by molar-refractivity contribution is 5.94. The SMILES string of the molecule is CCN(CCC(=O)O)C(=O)c1ccc2nncn2c1. The van der Waals surface area contributed by atoms with Crippen LogP contribution in [0.1, 0.15) is 23.7 Å². The largest absolute Gasteiger partial charge is 0.481 e. The molecule has 2 rings (SSSR count). The average Bonchev–Trinajstić information content (AvgIpc) is 2.85. The van der Waals surface area contributed by atoms with Crippen molar-refractivity contribution in [3.63, 3.8) is 0 Å². The summed E-state index contributed by atoms with van der Waals surface area (Å²) in [7, 11) is 0. The Hall–Kier alpha value is -2.44. The van der Waals surface area contributed by atoms with Gasteiger partial charge in [-0.3, -0.25) is 14.0 Å². The Bertz CT molecular complexity index is 608. The van der Waals surface area contributed by atoms with E-state index >= 15 is 0 Å². The molecule has 0 radical (unpaired) electrons. The van der Waals surface area contributed by atoms with Crippen molar-refractivity contribution >= 4 is 17.5 Å². The van der Waals surface area contributed by atoms with E-state index in [2.05, 4.69) is 10.2 Å². The predicted octanol–water partition coefficient (Wildman–Crippen LogP) is 0.666. The minimum absolute atomic E-state index is 0.0611. The molecule has 7 heteroatoms. The standard InChI is InChI=1S/C12H14N4O3/c1-2-15(6-5-11(17)18)12(19)9-3-4-10-14-13-8-16(10)7-9/h3-4,7-8H,2,5-6H2,1H3,(H,17,18). The quantitative estimate of drug-likeness (QED) is 0.855. The Morgan fingerprint density at radius 1 is 1.42 bits per heavy atom. The van der Waals surface area contributed by atoms with Gasteiger partial charge in [0.15, 0.2) is 5.65 Å². The van der Waals surface area contributed by atoms with Gasteiger partial charge in [-0.1, -0.05) is 0 Å². The molecule has 0 aliphatic heterocycles. The van der Waals surface area contributed by atoms with Crippen LogP contribution in [-0.4, -0.2) is 49.6 Å². The third-order valence-corrected chi connectivity index (χ3v) is 2.80. The van der Waals surface area contributed by atoms with Crippen LogP contribution in [0.4, 0.5) is 0 Å². The number of amides is 1. The van der Waals surface area contributed by atoms with Crippen LogP contribution in [0.3, 0.4) is 0 Å².